The van der Waals surface area contributed by atoms with Crippen molar-refractivity contribution in [3.05, 3.63) is 36.3 Å². The van der Waals surface area contributed by atoms with Gasteiger partial charge in [0.1, 0.15) is 17.3 Å². The number of hydrogen-bond donors (Lipinski definition) is 1. The Balaban J connectivity index is 2.45. The Morgan fingerprint density at radius 2 is 1.78 bits per heavy atom. The van der Waals surface area contributed by atoms with Crippen molar-refractivity contribution in [1.82, 2.24) is 5.32 Å². The number of hydrogen-bond acceptors (Lipinski definition) is 4. The summed E-state index contributed by atoms with van der Waals surface area (Å²) in [7, 11) is 5.17. The first-order valence-electron chi connectivity index (χ1n) is 5.73. The zero-order valence-electron chi connectivity index (χ0n) is 10.8. The summed E-state index contributed by atoms with van der Waals surface area (Å²) < 4.78 is 16.0. The van der Waals surface area contributed by atoms with Crippen LogP contribution < -0.4 is 14.8 Å². The molecule has 0 unspecified atom stereocenters. The molecule has 0 saturated carbocycles. The quantitative estimate of drug-likeness (QED) is 0.882. The van der Waals surface area contributed by atoms with Gasteiger partial charge in [-0.25, -0.2) is 0 Å². The second-order valence-corrected chi connectivity index (χ2v) is 3.89. The molecule has 0 amide bonds. The molecule has 0 spiro atoms. The van der Waals surface area contributed by atoms with Gasteiger partial charge in [-0.05, 0) is 30.8 Å². The first-order chi connectivity index (χ1) is 8.78. The van der Waals surface area contributed by atoms with Crippen LogP contribution in [0.3, 0.4) is 0 Å². The van der Waals surface area contributed by atoms with Crippen LogP contribution in [0.1, 0.15) is 5.76 Å². The smallest absolute Gasteiger partial charge is 0.125 e. The highest BCUT2D eigenvalue weighted by molar-refractivity contribution is 5.69. The molecule has 1 N–H and O–H groups in total. The summed E-state index contributed by atoms with van der Waals surface area (Å²) in [6.07, 6.45) is 1.69. The highest BCUT2D eigenvalue weighted by Gasteiger charge is 2.10. The van der Waals surface area contributed by atoms with E-state index >= 15 is 0 Å². The Hall–Kier alpha value is -1.94. The fraction of sp³-hybridized carbons (Fsp3) is 0.286. The van der Waals surface area contributed by atoms with E-state index in [-0.39, 0.29) is 0 Å². The maximum absolute atomic E-state index is 5.46. The Bertz CT molecular complexity index is 497. The predicted octanol–water partition coefficient (Wildman–Crippen LogP) is 2.68. The summed E-state index contributed by atoms with van der Waals surface area (Å²) in [6, 6.07) is 7.72. The average molecular weight is 247 g/mol. The Kier molecular flexibility index (Phi) is 3.89. The van der Waals surface area contributed by atoms with Gasteiger partial charge in [0.2, 0.25) is 0 Å². The van der Waals surface area contributed by atoms with Gasteiger partial charge in [0.15, 0.2) is 0 Å². The molecule has 1 heterocycles. The Labute approximate surface area is 107 Å². The summed E-state index contributed by atoms with van der Waals surface area (Å²) in [5.74, 6) is 2.43. The van der Waals surface area contributed by atoms with E-state index in [9.17, 15) is 0 Å². The van der Waals surface area contributed by atoms with Crippen molar-refractivity contribution in [2.75, 3.05) is 21.3 Å². The highest BCUT2D eigenvalue weighted by Crippen LogP contribution is 2.32. The first-order valence-corrected chi connectivity index (χ1v) is 5.73. The minimum atomic E-state index is 0.682. The first kappa shape index (κ1) is 12.5. The molecule has 4 nitrogen and oxygen atoms in total. The second-order valence-electron chi connectivity index (χ2n) is 3.89. The third kappa shape index (κ3) is 2.49. The lowest BCUT2D eigenvalue weighted by Crippen LogP contribution is -2.04. The van der Waals surface area contributed by atoms with E-state index < -0.39 is 0 Å². The van der Waals surface area contributed by atoms with Crippen molar-refractivity contribution in [2.45, 2.75) is 6.54 Å². The molecule has 0 aliphatic heterocycles. The van der Waals surface area contributed by atoms with Crippen LogP contribution in [0, 0.1) is 0 Å². The lowest BCUT2D eigenvalue weighted by atomic mass is 10.1. The van der Waals surface area contributed by atoms with Crippen molar-refractivity contribution in [2.24, 2.45) is 0 Å². The number of methoxy groups -OCH3 is 2. The maximum atomic E-state index is 5.46. The van der Waals surface area contributed by atoms with Crippen LogP contribution in [0.4, 0.5) is 0 Å². The molecule has 0 aliphatic carbocycles. The van der Waals surface area contributed by atoms with E-state index in [4.69, 9.17) is 13.9 Å². The second kappa shape index (κ2) is 5.60. The molecule has 0 fully saturated rings. The monoisotopic (exact) mass is 247 g/mol. The van der Waals surface area contributed by atoms with Gasteiger partial charge < -0.3 is 19.2 Å². The van der Waals surface area contributed by atoms with Gasteiger partial charge in [-0.15, -0.1) is 0 Å². The van der Waals surface area contributed by atoms with Gasteiger partial charge in [-0.1, -0.05) is 0 Å². The van der Waals surface area contributed by atoms with Crippen molar-refractivity contribution in [3.63, 3.8) is 0 Å². The van der Waals surface area contributed by atoms with Crippen molar-refractivity contribution in [3.8, 4) is 22.6 Å². The highest BCUT2D eigenvalue weighted by atomic mass is 16.5. The van der Waals surface area contributed by atoms with Gasteiger partial charge in [-0.3, -0.25) is 0 Å². The summed E-state index contributed by atoms with van der Waals surface area (Å²) in [4.78, 5) is 0. The molecule has 0 aliphatic rings. The average Bonchev–Trinajstić information content (AvgIpc) is 2.87. The van der Waals surface area contributed by atoms with Crippen LogP contribution in [0.25, 0.3) is 11.1 Å². The predicted molar refractivity (Wildman–Crippen MR) is 70.0 cm³/mol. The maximum Gasteiger partial charge on any atom is 0.125 e. The molecule has 0 radical (unpaired) electrons. The van der Waals surface area contributed by atoms with Gasteiger partial charge in [-0.2, -0.15) is 0 Å². The normalized spacial score (nSPS) is 10.4. The number of ether oxygens (including phenoxy) is 2. The standard InChI is InChI=1S/C14H17NO3/c1-15-9-14-13(4-5-18-14)10-6-11(16-2)8-12(7-10)17-3/h4-8,15H,9H2,1-3H3. The molecule has 1 aromatic heterocycles. The molecule has 2 rings (SSSR count). The van der Waals surface area contributed by atoms with Gasteiger partial charge in [0.25, 0.3) is 0 Å². The number of furan rings is 1. The van der Waals surface area contributed by atoms with Crippen LogP contribution >= 0.6 is 0 Å². The Morgan fingerprint density at radius 1 is 1.11 bits per heavy atom. The zero-order chi connectivity index (χ0) is 13.0. The largest absolute Gasteiger partial charge is 0.497 e. The van der Waals surface area contributed by atoms with Crippen LogP contribution in [0.5, 0.6) is 11.5 Å². The van der Waals surface area contributed by atoms with Crippen molar-refractivity contribution >= 4 is 0 Å². The van der Waals surface area contributed by atoms with E-state index in [1.54, 1.807) is 20.5 Å². The fourth-order valence-electron chi connectivity index (χ4n) is 1.86. The molecule has 0 atom stereocenters. The van der Waals surface area contributed by atoms with E-state index in [0.717, 1.165) is 28.4 Å². The number of benzene rings is 1. The number of rotatable bonds is 5. The molecule has 0 saturated heterocycles. The van der Waals surface area contributed by atoms with Gasteiger partial charge in [0.05, 0.1) is 27.0 Å². The molecule has 96 valence electrons. The van der Waals surface area contributed by atoms with Crippen LogP contribution in [0.2, 0.25) is 0 Å². The van der Waals surface area contributed by atoms with Crippen molar-refractivity contribution in [1.29, 1.82) is 0 Å². The molecule has 18 heavy (non-hydrogen) atoms. The topological polar surface area (TPSA) is 43.6 Å². The third-order valence-electron chi connectivity index (χ3n) is 2.75. The fourth-order valence-corrected chi connectivity index (χ4v) is 1.86. The van der Waals surface area contributed by atoms with E-state index in [1.807, 2.05) is 31.3 Å². The van der Waals surface area contributed by atoms with Crippen LogP contribution in [-0.4, -0.2) is 21.3 Å². The molecule has 4 heteroatoms. The third-order valence-corrected chi connectivity index (χ3v) is 2.75. The minimum Gasteiger partial charge on any atom is -0.497 e. The molecular formula is C14H17NO3. The van der Waals surface area contributed by atoms with Crippen LogP contribution in [-0.2, 0) is 6.54 Å². The van der Waals surface area contributed by atoms with Gasteiger partial charge in [0, 0.05) is 11.6 Å². The van der Waals surface area contributed by atoms with E-state index in [1.165, 1.54) is 0 Å². The Morgan fingerprint density at radius 3 is 2.33 bits per heavy atom. The lowest BCUT2D eigenvalue weighted by Gasteiger charge is -2.08. The zero-order valence-corrected chi connectivity index (χ0v) is 10.8. The summed E-state index contributed by atoms with van der Waals surface area (Å²) >= 11 is 0. The molecule has 2 aromatic rings. The summed E-state index contributed by atoms with van der Waals surface area (Å²) in [5.41, 5.74) is 2.06. The summed E-state index contributed by atoms with van der Waals surface area (Å²) in [6.45, 7) is 0.682. The van der Waals surface area contributed by atoms with Crippen LogP contribution in [0.15, 0.2) is 34.9 Å². The lowest BCUT2D eigenvalue weighted by molar-refractivity contribution is 0.394. The summed E-state index contributed by atoms with van der Waals surface area (Å²) in [5, 5.41) is 3.08. The van der Waals surface area contributed by atoms with Crippen molar-refractivity contribution < 1.29 is 13.9 Å². The molecule has 1 aromatic carbocycles. The molecular weight excluding hydrogens is 230 g/mol. The molecule has 0 bridgehead atoms. The van der Waals surface area contributed by atoms with E-state index in [0.29, 0.717) is 6.54 Å². The minimum absolute atomic E-state index is 0.682. The SMILES string of the molecule is CNCc1occc1-c1cc(OC)cc(OC)c1. The number of nitrogens with one attached hydrogen (secondary N) is 1. The van der Waals surface area contributed by atoms with E-state index in [2.05, 4.69) is 5.32 Å². The van der Waals surface area contributed by atoms with Gasteiger partial charge >= 0.3 is 0 Å².